The molecule has 106 valence electrons. The Morgan fingerprint density at radius 1 is 1.39 bits per heavy atom. The van der Waals surface area contributed by atoms with E-state index in [1.165, 1.54) is 9.21 Å². The first kappa shape index (κ1) is 15.4. The maximum absolute atomic E-state index is 11.9. The summed E-state index contributed by atoms with van der Waals surface area (Å²) in [6.45, 7) is 1.59. The number of hydrogen-bond donors (Lipinski definition) is 1. The molecule has 1 saturated heterocycles. The number of carbonyl (C=O) groups is 1. The highest BCUT2D eigenvalue weighted by Gasteiger charge is 2.25. The van der Waals surface area contributed by atoms with Crippen molar-refractivity contribution in [2.75, 3.05) is 52.3 Å². The Hall–Kier alpha value is -0.700. The zero-order valence-corrected chi connectivity index (χ0v) is 11.4. The van der Waals surface area contributed by atoms with Crippen LogP contribution in [0.3, 0.4) is 0 Å². The van der Waals surface area contributed by atoms with Crippen molar-refractivity contribution in [1.82, 2.24) is 9.21 Å². The standard InChI is InChI=1S/C10H20N2O5S/c1-11(3-6-13)10(14)2-9-18(15,16)12-4-7-17-8-5-12/h13H,2-9H2,1H3. The number of sulfonamides is 1. The van der Waals surface area contributed by atoms with Crippen LogP contribution in [-0.4, -0.2) is 80.9 Å². The van der Waals surface area contributed by atoms with Crippen molar-refractivity contribution in [1.29, 1.82) is 0 Å². The topological polar surface area (TPSA) is 87.2 Å². The van der Waals surface area contributed by atoms with Gasteiger partial charge in [0.1, 0.15) is 0 Å². The number of ether oxygens (including phenoxy) is 1. The largest absolute Gasteiger partial charge is 0.395 e. The van der Waals surface area contributed by atoms with Gasteiger partial charge in [-0.05, 0) is 0 Å². The van der Waals surface area contributed by atoms with Gasteiger partial charge in [-0.25, -0.2) is 8.42 Å². The fraction of sp³-hybridized carbons (Fsp3) is 0.900. The van der Waals surface area contributed by atoms with Crippen LogP contribution in [0.4, 0.5) is 0 Å². The van der Waals surface area contributed by atoms with Crippen molar-refractivity contribution in [3.63, 3.8) is 0 Å². The van der Waals surface area contributed by atoms with Gasteiger partial charge in [0.05, 0.1) is 25.6 Å². The van der Waals surface area contributed by atoms with E-state index in [1.807, 2.05) is 0 Å². The third-order valence-electron chi connectivity index (χ3n) is 2.80. The van der Waals surface area contributed by atoms with Crippen molar-refractivity contribution in [3.8, 4) is 0 Å². The Labute approximate surface area is 107 Å². The number of hydrogen-bond acceptors (Lipinski definition) is 5. The predicted octanol–water partition coefficient (Wildman–Crippen LogP) is -1.51. The van der Waals surface area contributed by atoms with Gasteiger partial charge in [0, 0.05) is 33.1 Å². The molecule has 1 fully saturated rings. The van der Waals surface area contributed by atoms with Crippen LogP contribution >= 0.6 is 0 Å². The number of morpholine rings is 1. The molecule has 1 rings (SSSR count). The van der Waals surface area contributed by atoms with Crippen LogP contribution in [-0.2, 0) is 19.6 Å². The van der Waals surface area contributed by atoms with Crippen LogP contribution < -0.4 is 0 Å². The van der Waals surface area contributed by atoms with Gasteiger partial charge < -0.3 is 14.7 Å². The summed E-state index contributed by atoms with van der Waals surface area (Å²) in [5, 5.41) is 8.68. The second-order valence-electron chi connectivity index (χ2n) is 4.12. The molecule has 8 heteroatoms. The number of likely N-dealkylation sites (N-methyl/N-ethyl adjacent to an activating group) is 1. The number of aliphatic hydroxyl groups excluding tert-OH is 1. The third kappa shape index (κ3) is 4.52. The summed E-state index contributed by atoms with van der Waals surface area (Å²) in [6.07, 6.45) is -0.0593. The Morgan fingerprint density at radius 3 is 2.56 bits per heavy atom. The normalized spacial score (nSPS) is 17.7. The first-order valence-corrected chi connectivity index (χ1v) is 7.48. The van der Waals surface area contributed by atoms with E-state index >= 15 is 0 Å². The number of amides is 1. The van der Waals surface area contributed by atoms with E-state index in [2.05, 4.69) is 0 Å². The van der Waals surface area contributed by atoms with Gasteiger partial charge in [-0.2, -0.15) is 4.31 Å². The van der Waals surface area contributed by atoms with Crippen molar-refractivity contribution >= 4 is 15.9 Å². The lowest BCUT2D eigenvalue weighted by molar-refractivity contribution is -0.129. The van der Waals surface area contributed by atoms with Gasteiger partial charge >= 0.3 is 0 Å². The fourth-order valence-corrected chi connectivity index (χ4v) is 3.03. The average molecular weight is 280 g/mol. The summed E-state index contributed by atoms with van der Waals surface area (Å²) < 4.78 is 30.3. The molecule has 1 heterocycles. The smallest absolute Gasteiger partial charge is 0.223 e. The molecule has 18 heavy (non-hydrogen) atoms. The van der Waals surface area contributed by atoms with E-state index in [0.29, 0.717) is 26.3 Å². The summed E-state index contributed by atoms with van der Waals surface area (Å²) in [4.78, 5) is 12.9. The van der Waals surface area contributed by atoms with Gasteiger partial charge in [-0.15, -0.1) is 0 Å². The zero-order valence-electron chi connectivity index (χ0n) is 10.5. The fourth-order valence-electron chi connectivity index (χ4n) is 1.64. The van der Waals surface area contributed by atoms with Crippen LogP contribution in [0, 0.1) is 0 Å². The second-order valence-corrected chi connectivity index (χ2v) is 6.20. The summed E-state index contributed by atoms with van der Waals surface area (Å²) >= 11 is 0. The number of aliphatic hydroxyl groups is 1. The molecule has 0 atom stereocenters. The third-order valence-corrected chi connectivity index (χ3v) is 4.67. The summed E-state index contributed by atoms with van der Waals surface area (Å²) in [7, 11) is -1.84. The van der Waals surface area contributed by atoms with Crippen molar-refractivity contribution in [3.05, 3.63) is 0 Å². The minimum absolute atomic E-state index is 0.0593. The maximum atomic E-state index is 11.9. The molecule has 7 nitrogen and oxygen atoms in total. The molecule has 0 aliphatic carbocycles. The Morgan fingerprint density at radius 2 is 2.00 bits per heavy atom. The molecule has 1 N–H and O–H groups in total. The SMILES string of the molecule is CN(CCO)C(=O)CCS(=O)(=O)N1CCOCC1. The lowest BCUT2D eigenvalue weighted by Gasteiger charge is -2.26. The number of carbonyl (C=O) groups excluding carboxylic acids is 1. The summed E-state index contributed by atoms with van der Waals surface area (Å²) in [6, 6.07) is 0. The molecule has 0 bridgehead atoms. The van der Waals surface area contributed by atoms with E-state index < -0.39 is 10.0 Å². The molecular formula is C10H20N2O5S. The highest BCUT2D eigenvalue weighted by molar-refractivity contribution is 7.89. The lowest BCUT2D eigenvalue weighted by atomic mass is 10.4. The lowest BCUT2D eigenvalue weighted by Crippen LogP contribution is -2.42. The number of rotatable bonds is 6. The molecule has 1 aliphatic rings. The van der Waals surface area contributed by atoms with Crippen LogP contribution in [0.5, 0.6) is 0 Å². The van der Waals surface area contributed by atoms with Crippen LogP contribution in [0.1, 0.15) is 6.42 Å². The first-order chi connectivity index (χ1) is 8.47. The summed E-state index contributed by atoms with van der Waals surface area (Å²) in [5.41, 5.74) is 0. The highest BCUT2D eigenvalue weighted by Crippen LogP contribution is 2.07. The van der Waals surface area contributed by atoms with Gasteiger partial charge in [0.25, 0.3) is 0 Å². The maximum Gasteiger partial charge on any atom is 0.223 e. The van der Waals surface area contributed by atoms with E-state index in [1.54, 1.807) is 7.05 Å². The molecule has 0 radical (unpaired) electrons. The molecule has 1 amide bonds. The molecule has 0 aromatic carbocycles. The molecule has 0 unspecified atom stereocenters. The van der Waals surface area contributed by atoms with E-state index in [9.17, 15) is 13.2 Å². The molecular weight excluding hydrogens is 260 g/mol. The first-order valence-electron chi connectivity index (χ1n) is 5.88. The Kier molecular flexibility index (Phi) is 6.00. The van der Waals surface area contributed by atoms with Gasteiger partial charge in [-0.1, -0.05) is 0 Å². The quantitative estimate of drug-likeness (QED) is 0.639. The van der Waals surface area contributed by atoms with Crippen LogP contribution in [0.25, 0.3) is 0 Å². The molecule has 1 aliphatic heterocycles. The van der Waals surface area contributed by atoms with E-state index in [0.717, 1.165) is 0 Å². The van der Waals surface area contributed by atoms with E-state index in [-0.39, 0.29) is 31.2 Å². The highest BCUT2D eigenvalue weighted by atomic mass is 32.2. The van der Waals surface area contributed by atoms with Gasteiger partial charge in [0.2, 0.25) is 15.9 Å². The van der Waals surface area contributed by atoms with Crippen molar-refractivity contribution < 1.29 is 23.1 Å². The Bertz CT molecular complexity index is 364. The minimum atomic E-state index is -3.38. The second kappa shape index (κ2) is 7.03. The van der Waals surface area contributed by atoms with Crippen molar-refractivity contribution in [2.45, 2.75) is 6.42 Å². The molecule has 0 saturated carbocycles. The Balaban J connectivity index is 2.43. The molecule has 0 aromatic rings. The predicted molar refractivity (Wildman–Crippen MR) is 65.5 cm³/mol. The minimum Gasteiger partial charge on any atom is -0.395 e. The molecule has 0 aromatic heterocycles. The van der Waals surface area contributed by atoms with Crippen LogP contribution in [0.15, 0.2) is 0 Å². The van der Waals surface area contributed by atoms with Gasteiger partial charge in [-0.3, -0.25) is 4.79 Å². The van der Waals surface area contributed by atoms with Gasteiger partial charge in [0.15, 0.2) is 0 Å². The average Bonchev–Trinajstić information content (AvgIpc) is 2.37. The van der Waals surface area contributed by atoms with Crippen LogP contribution in [0.2, 0.25) is 0 Å². The monoisotopic (exact) mass is 280 g/mol. The number of nitrogens with zero attached hydrogens (tertiary/aromatic N) is 2. The summed E-state index contributed by atoms with van der Waals surface area (Å²) in [5.74, 6) is -0.470. The van der Waals surface area contributed by atoms with Crippen molar-refractivity contribution in [2.24, 2.45) is 0 Å². The van der Waals surface area contributed by atoms with E-state index in [4.69, 9.17) is 9.84 Å². The molecule has 0 spiro atoms. The zero-order chi connectivity index (χ0) is 13.6.